The van der Waals surface area contributed by atoms with Gasteiger partial charge < -0.3 is 0 Å². The maximum Gasteiger partial charge on any atom is 0.0635 e. The van der Waals surface area contributed by atoms with E-state index in [4.69, 9.17) is 28.5 Å². The highest BCUT2D eigenvalue weighted by Crippen LogP contribution is 2.27. The highest BCUT2D eigenvalue weighted by molar-refractivity contribution is 6.42. The predicted octanol–water partition coefficient (Wildman–Crippen LogP) is 3.90. The van der Waals surface area contributed by atoms with Crippen molar-refractivity contribution in [2.24, 2.45) is 0 Å². The maximum absolute atomic E-state index is 8.53. The summed E-state index contributed by atoms with van der Waals surface area (Å²) in [4.78, 5) is 2.11. The van der Waals surface area contributed by atoms with Gasteiger partial charge in [-0.15, -0.1) is 0 Å². The first-order chi connectivity index (χ1) is 7.56. The molecule has 0 spiro atoms. The summed E-state index contributed by atoms with van der Waals surface area (Å²) in [6.45, 7) is 2.83. The van der Waals surface area contributed by atoms with Crippen molar-refractivity contribution in [1.82, 2.24) is 4.90 Å². The second-order valence-corrected chi connectivity index (χ2v) is 4.55. The SMILES string of the molecule is CC(c1ccc(Cl)c(Cl)c1)N(C)CCC#N. The van der Waals surface area contributed by atoms with Crippen LogP contribution in [0.3, 0.4) is 0 Å². The van der Waals surface area contributed by atoms with Crippen molar-refractivity contribution in [3.8, 4) is 6.07 Å². The average molecular weight is 257 g/mol. The zero-order valence-corrected chi connectivity index (χ0v) is 10.9. The van der Waals surface area contributed by atoms with E-state index in [9.17, 15) is 0 Å². The molecule has 4 heteroatoms. The molecule has 0 saturated carbocycles. The van der Waals surface area contributed by atoms with Crippen LogP contribution in [-0.4, -0.2) is 18.5 Å². The lowest BCUT2D eigenvalue weighted by Crippen LogP contribution is -2.23. The van der Waals surface area contributed by atoms with Crippen molar-refractivity contribution in [3.63, 3.8) is 0 Å². The number of nitrogens with zero attached hydrogens (tertiary/aromatic N) is 2. The Labute approximate surface area is 106 Å². The van der Waals surface area contributed by atoms with E-state index in [1.165, 1.54) is 0 Å². The van der Waals surface area contributed by atoms with Gasteiger partial charge in [0.2, 0.25) is 0 Å². The minimum atomic E-state index is 0.225. The fraction of sp³-hybridized carbons (Fsp3) is 0.417. The fourth-order valence-electron chi connectivity index (χ4n) is 1.45. The largest absolute Gasteiger partial charge is 0.299 e. The standard InChI is InChI=1S/C12H14Cl2N2/c1-9(16(2)7-3-6-15)10-4-5-11(13)12(14)8-10/h4-5,8-9H,3,7H2,1-2H3. The molecule has 0 amide bonds. The Kier molecular flexibility index (Phi) is 5.08. The van der Waals surface area contributed by atoms with Crippen LogP contribution in [0.25, 0.3) is 0 Å². The quantitative estimate of drug-likeness (QED) is 0.817. The number of halogens is 2. The van der Waals surface area contributed by atoms with Gasteiger partial charge in [-0.1, -0.05) is 29.3 Å². The van der Waals surface area contributed by atoms with Crippen molar-refractivity contribution in [2.45, 2.75) is 19.4 Å². The number of benzene rings is 1. The fourth-order valence-corrected chi connectivity index (χ4v) is 1.75. The van der Waals surface area contributed by atoms with E-state index in [-0.39, 0.29) is 6.04 Å². The molecule has 0 saturated heterocycles. The normalized spacial score (nSPS) is 12.5. The summed E-state index contributed by atoms with van der Waals surface area (Å²) in [6, 6.07) is 7.99. The first kappa shape index (κ1) is 13.3. The number of hydrogen-bond donors (Lipinski definition) is 0. The summed E-state index contributed by atoms with van der Waals surface area (Å²) in [5.41, 5.74) is 1.11. The summed E-state index contributed by atoms with van der Waals surface area (Å²) in [5.74, 6) is 0. The molecule has 0 aliphatic rings. The average Bonchev–Trinajstić information content (AvgIpc) is 2.28. The molecule has 0 aliphatic heterocycles. The molecule has 0 N–H and O–H groups in total. The Morgan fingerprint density at radius 2 is 2.06 bits per heavy atom. The topological polar surface area (TPSA) is 27.0 Å². The van der Waals surface area contributed by atoms with Gasteiger partial charge in [0.25, 0.3) is 0 Å². The van der Waals surface area contributed by atoms with Crippen LogP contribution in [0.5, 0.6) is 0 Å². The van der Waals surface area contributed by atoms with Crippen molar-refractivity contribution in [1.29, 1.82) is 5.26 Å². The Morgan fingerprint density at radius 1 is 1.38 bits per heavy atom. The van der Waals surface area contributed by atoms with Crippen LogP contribution < -0.4 is 0 Å². The van der Waals surface area contributed by atoms with E-state index < -0.39 is 0 Å². The summed E-state index contributed by atoms with van der Waals surface area (Å²) in [7, 11) is 1.99. The number of hydrogen-bond acceptors (Lipinski definition) is 2. The molecule has 0 heterocycles. The molecular formula is C12H14Cl2N2. The van der Waals surface area contributed by atoms with E-state index in [0.717, 1.165) is 12.1 Å². The first-order valence-electron chi connectivity index (χ1n) is 5.08. The molecule has 2 nitrogen and oxygen atoms in total. The van der Waals surface area contributed by atoms with Gasteiger partial charge in [0.05, 0.1) is 16.1 Å². The molecule has 16 heavy (non-hydrogen) atoms. The molecule has 0 bridgehead atoms. The molecule has 86 valence electrons. The van der Waals surface area contributed by atoms with Gasteiger partial charge in [-0.3, -0.25) is 4.90 Å². The van der Waals surface area contributed by atoms with Crippen LogP contribution >= 0.6 is 23.2 Å². The van der Waals surface area contributed by atoms with E-state index in [1.807, 2.05) is 19.2 Å². The van der Waals surface area contributed by atoms with Crippen LogP contribution in [0.4, 0.5) is 0 Å². The smallest absolute Gasteiger partial charge is 0.0635 e. The van der Waals surface area contributed by atoms with Crippen LogP contribution in [0, 0.1) is 11.3 Å². The Balaban J connectivity index is 2.76. The van der Waals surface area contributed by atoms with E-state index in [0.29, 0.717) is 16.5 Å². The minimum absolute atomic E-state index is 0.225. The molecule has 0 aromatic heterocycles. The van der Waals surface area contributed by atoms with E-state index in [1.54, 1.807) is 6.07 Å². The van der Waals surface area contributed by atoms with Crippen molar-refractivity contribution >= 4 is 23.2 Å². The predicted molar refractivity (Wildman–Crippen MR) is 67.7 cm³/mol. The highest BCUT2D eigenvalue weighted by atomic mass is 35.5. The van der Waals surface area contributed by atoms with Crippen molar-refractivity contribution in [3.05, 3.63) is 33.8 Å². The third kappa shape index (κ3) is 3.38. The zero-order valence-electron chi connectivity index (χ0n) is 9.37. The highest BCUT2D eigenvalue weighted by Gasteiger charge is 2.12. The Hall–Kier alpha value is -0.750. The Morgan fingerprint density at radius 3 is 2.62 bits per heavy atom. The van der Waals surface area contributed by atoms with Crippen LogP contribution in [0.15, 0.2) is 18.2 Å². The van der Waals surface area contributed by atoms with Gasteiger partial charge in [-0.25, -0.2) is 0 Å². The molecule has 0 radical (unpaired) electrons. The molecule has 0 fully saturated rings. The van der Waals surface area contributed by atoms with E-state index in [2.05, 4.69) is 17.9 Å². The van der Waals surface area contributed by atoms with Crippen molar-refractivity contribution in [2.75, 3.05) is 13.6 Å². The lowest BCUT2D eigenvalue weighted by atomic mass is 10.1. The molecule has 1 atom stereocenters. The summed E-state index contributed by atoms with van der Waals surface area (Å²) < 4.78 is 0. The summed E-state index contributed by atoms with van der Waals surface area (Å²) >= 11 is 11.8. The number of nitriles is 1. The van der Waals surface area contributed by atoms with Gasteiger partial charge in [0.1, 0.15) is 0 Å². The molecule has 1 rings (SSSR count). The van der Waals surface area contributed by atoms with Crippen molar-refractivity contribution < 1.29 is 0 Å². The third-order valence-corrected chi connectivity index (χ3v) is 3.40. The second kappa shape index (κ2) is 6.10. The van der Waals surface area contributed by atoms with E-state index >= 15 is 0 Å². The lowest BCUT2D eigenvalue weighted by molar-refractivity contribution is 0.267. The van der Waals surface area contributed by atoms with Gasteiger partial charge >= 0.3 is 0 Å². The molecule has 1 unspecified atom stereocenters. The van der Waals surface area contributed by atoms with Gasteiger partial charge in [-0.05, 0) is 31.7 Å². The van der Waals surface area contributed by atoms with Gasteiger partial charge in [0, 0.05) is 19.0 Å². The van der Waals surface area contributed by atoms with Crippen LogP contribution in [0.2, 0.25) is 10.0 Å². The molecule has 1 aromatic rings. The third-order valence-electron chi connectivity index (χ3n) is 2.66. The second-order valence-electron chi connectivity index (χ2n) is 3.74. The summed E-state index contributed by atoms with van der Waals surface area (Å²) in [6.07, 6.45) is 0.530. The summed E-state index contributed by atoms with van der Waals surface area (Å²) in [5, 5.41) is 9.67. The first-order valence-corrected chi connectivity index (χ1v) is 5.84. The lowest BCUT2D eigenvalue weighted by Gasteiger charge is -2.24. The van der Waals surface area contributed by atoms with Crippen LogP contribution in [-0.2, 0) is 0 Å². The molecular weight excluding hydrogens is 243 g/mol. The van der Waals surface area contributed by atoms with Gasteiger partial charge in [0.15, 0.2) is 0 Å². The monoisotopic (exact) mass is 256 g/mol. The van der Waals surface area contributed by atoms with Gasteiger partial charge in [-0.2, -0.15) is 5.26 Å². The van der Waals surface area contributed by atoms with Crippen LogP contribution in [0.1, 0.15) is 24.9 Å². The maximum atomic E-state index is 8.53. The number of rotatable bonds is 4. The Bertz CT molecular complexity index is 398. The minimum Gasteiger partial charge on any atom is -0.299 e. The molecule has 0 aliphatic carbocycles. The molecule has 1 aromatic carbocycles. The zero-order chi connectivity index (χ0) is 12.1.